The first kappa shape index (κ1) is 8.23. The van der Waals surface area contributed by atoms with Crippen molar-refractivity contribution in [1.82, 2.24) is 0 Å². The van der Waals surface area contributed by atoms with Gasteiger partial charge in [-0.05, 0) is 25.0 Å². The van der Waals surface area contributed by atoms with Crippen LogP contribution in [0.4, 0.5) is 5.69 Å². The molecule has 1 aliphatic rings. The van der Waals surface area contributed by atoms with E-state index in [-0.39, 0.29) is 0 Å². The predicted octanol–water partition coefficient (Wildman–Crippen LogP) is 1.82. The molecule has 0 heterocycles. The maximum atomic E-state index is 5.62. The molecule has 0 aromatic heterocycles. The Balaban J connectivity index is 2.21. The third-order valence-corrected chi connectivity index (χ3v) is 2.01. The summed E-state index contributed by atoms with van der Waals surface area (Å²) in [5.41, 5.74) is 6.31. The average Bonchev–Trinajstić information content (AvgIpc) is 2.92. The van der Waals surface area contributed by atoms with Crippen molar-refractivity contribution in [2.24, 2.45) is 0 Å². The summed E-state index contributed by atoms with van der Waals surface area (Å²) in [6.45, 7) is 0. The summed E-state index contributed by atoms with van der Waals surface area (Å²) < 4.78 is 10.8. The molecule has 0 spiro atoms. The van der Waals surface area contributed by atoms with Crippen LogP contribution in [0.15, 0.2) is 18.2 Å². The lowest BCUT2D eigenvalue weighted by atomic mass is 10.3. The van der Waals surface area contributed by atoms with Crippen LogP contribution in [0.3, 0.4) is 0 Å². The van der Waals surface area contributed by atoms with E-state index in [1.165, 1.54) is 0 Å². The van der Waals surface area contributed by atoms with E-state index < -0.39 is 0 Å². The first-order valence-corrected chi connectivity index (χ1v) is 4.40. The summed E-state index contributed by atoms with van der Waals surface area (Å²) >= 11 is 0. The summed E-state index contributed by atoms with van der Waals surface area (Å²) in [5.74, 6) is 1.51. The van der Waals surface area contributed by atoms with Crippen LogP contribution in [0.25, 0.3) is 0 Å². The van der Waals surface area contributed by atoms with Gasteiger partial charge in [-0.3, -0.25) is 0 Å². The second-order valence-electron chi connectivity index (χ2n) is 3.23. The number of hydrogen-bond acceptors (Lipinski definition) is 3. The summed E-state index contributed by atoms with van der Waals surface area (Å²) in [5, 5.41) is 0. The maximum Gasteiger partial charge on any atom is 0.162 e. The van der Waals surface area contributed by atoms with Gasteiger partial charge in [-0.2, -0.15) is 0 Å². The normalized spacial score (nSPS) is 15.5. The Bertz CT molecular complexity index is 308. The molecule has 0 unspecified atom stereocenters. The van der Waals surface area contributed by atoms with Crippen molar-refractivity contribution in [3.8, 4) is 11.5 Å². The third kappa shape index (κ3) is 1.86. The molecule has 0 amide bonds. The van der Waals surface area contributed by atoms with Crippen LogP contribution in [-0.2, 0) is 0 Å². The lowest BCUT2D eigenvalue weighted by Crippen LogP contribution is -1.99. The first-order valence-electron chi connectivity index (χ1n) is 4.40. The first-order chi connectivity index (χ1) is 6.29. The highest BCUT2D eigenvalue weighted by Crippen LogP contribution is 2.34. The predicted molar refractivity (Wildman–Crippen MR) is 51.1 cm³/mol. The van der Waals surface area contributed by atoms with Crippen LogP contribution in [0.1, 0.15) is 12.8 Å². The van der Waals surface area contributed by atoms with Gasteiger partial charge in [0, 0.05) is 11.8 Å². The quantitative estimate of drug-likeness (QED) is 0.720. The molecular formula is C10H13NO2. The van der Waals surface area contributed by atoms with Crippen molar-refractivity contribution in [3.63, 3.8) is 0 Å². The smallest absolute Gasteiger partial charge is 0.162 e. The number of hydrogen-bond donors (Lipinski definition) is 1. The highest BCUT2D eigenvalue weighted by molar-refractivity contribution is 5.52. The topological polar surface area (TPSA) is 44.5 Å². The Morgan fingerprint density at radius 3 is 2.69 bits per heavy atom. The summed E-state index contributed by atoms with van der Waals surface area (Å²) in [4.78, 5) is 0. The molecule has 13 heavy (non-hydrogen) atoms. The number of ether oxygens (including phenoxy) is 2. The molecule has 70 valence electrons. The second-order valence-corrected chi connectivity index (χ2v) is 3.23. The number of rotatable bonds is 3. The molecule has 1 saturated carbocycles. The zero-order chi connectivity index (χ0) is 9.26. The zero-order valence-corrected chi connectivity index (χ0v) is 7.62. The van der Waals surface area contributed by atoms with E-state index in [1.807, 2.05) is 12.1 Å². The van der Waals surface area contributed by atoms with Gasteiger partial charge in [0.25, 0.3) is 0 Å². The Hall–Kier alpha value is -1.38. The molecule has 3 heteroatoms. The van der Waals surface area contributed by atoms with Gasteiger partial charge in [-0.25, -0.2) is 0 Å². The Morgan fingerprint density at radius 2 is 2.08 bits per heavy atom. The fourth-order valence-electron chi connectivity index (χ4n) is 1.15. The SMILES string of the molecule is COc1cc(N)ccc1OC1CC1. The van der Waals surface area contributed by atoms with E-state index in [4.69, 9.17) is 15.2 Å². The minimum atomic E-state index is 0.387. The standard InChI is InChI=1S/C10H13NO2/c1-12-10-6-7(11)2-5-9(10)13-8-3-4-8/h2,5-6,8H,3-4,11H2,1H3. The van der Waals surface area contributed by atoms with Crippen LogP contribution >= 0.6 is 0 Å². The van der Waals surface area contributed by atoms with Crippen molar-refractivity contribution in [1.29, 1.82) is 0 Å². The van der Waals surface area contributed by atoms with Crippen LogP contribution < -0.4 is 15.2 Å². The summed E-state index contributed by atoms with van der Waals surface area (Å²) in [6, 6.07) is 5.45. The summed E-state index contributed by atoms with van der Waals surface area (Å²) in [6.07, 6.45) is 2.68. The molecule has 1 fully saturated rings. The monoisotopic (exact) mass is 179 g/mol. The molecule has 1 aromatic rings. The van der Waals surface area contributed by atoms with Gasteiger partial charge in [0.15, 0.2) is 11.5 Å². The Morgan fingerprint density at radius 1 is 1.31 bits per heavy atom. The number of benzene rings is 1. The molecule has 2 rings (SSSR count). The van der Waals surface area contributed by atoms with Crippen molar-refractivity contribution >= 4 is 5.69 Å². The molecule has 1 aromatic carbocycles. The molecule has 0 bridgehead atoms. The van der Waals surface area contributed by atoms with Crippen molar-refractivity contribution < 1.29 is 9.47 Å². The zero-order valence-electron chi connectivity index (χ0n) is 7.62. The summed E-state index contributed by atoms with van der Waals surface area (Å²) in [7, 11) is 1.62. The van der Waals surface area contributed by atoms with E-state index in [0.717, 1.165) is 18.6 Å². The number of anilines is 1. The highest BCUT2D eigenvalue weighted by Gasteiger charge is 2.24. The fourth-order valence-corrected chi connectivity index (χ4v) is 1.15. The second kappa shape index (κ2) is 3.17. The molecule has 0 saturated heterocycles. The van der Waals surface area contributed by atoms with Crippen molar-refractivity contribution in [3.05, 3.63) is 18.2 Å². The van der Waals surface area contributed by atoms with E-state index in [1.54, 1.807) is 13.2 Å². The van der Waals surface area contributed by atoms with Crippen LogP contribution in [0.5, 0.6) is 11.5 Å². The highest BCUT2D eigenvalue weighted by atomic mass is 16.5. The van der Waals surface area contributed by atoms with Gasteiger partial charge in [0.05, 0.1) is 13.2 Å². The minimum absolute atomic E-state index is 0.387. The van der Waals surface area contributed by atoms with Gasteiger partial charge in [0.2, 0.25) is 0 Å². The number of methoxy groups -OCH3 is 1. The van der Waals surface area contributed by atoms with Gasteiger partial charge in [-0.15, -0.1) is 0 Å². The largest absolute Gasteiger partial charge is 0.493 e. The number of nitrogen functional groups attached to an aromatic ring is 1. The molecule has 2 N–H and O–H groups in total. The van der Waals surface area contributed by atoms with Gasteiger partial charge < -0.3 is 15.2 Å². The molecule has 1 aliphatic carbocycles. The van der Waals surface area contributed by atoms with Gasteiger partial charge >= 0.3 is 0 Å². The molecule has 0 atom stereocenters. The molecule has 0 radical (unpaired) electrons. The lowest BCUT2D eigenvalue weighted by Gasteiger charge is -2.09. The lowest BCUT2D eigenvalue weighted by molar-refractivity contribution is 0.282. The number of nitrogens with two attached hydrogens (primary N) is 1. The van der Waals surface area contributed by atoms with E-state index in [0.29, 0.717) is 17.5 Å². The maximum absolute atomic E-state index is 5.62. The average molecular weight is 179 g/mol. The minimum Gasteiger partial charge on any atom is -0.493 e. The molecule has 0 aliphatic heterocycles. The van der Waals surface area contributed by atoms with Crippen molar-refractivity contribution in [2.45, 2.75) is 18.9 Å². The van der Waals surface area contributed by atoms with Gasteiger partial charge in [-0.1, -0.05) is 0 Å². The Labute approximate surface area is 77.5 Å². The van der Waals surface area contributed by atoms with Crippen LogP contribution in [-0.4, -0.2) is 13.2 Å². The van der Waals surface area contributed by atoms with Crippen LogP contribution in [0.2, 0.25) is 0 Å². The Kier molecular flexibility index (Phi) is 2.00. The molecule has 3 nitrogen and oxygen atoms in total. The van der Waals surface area contributed by atoms with E-state index in [9.17, 15) is 0 Å². The fraction of sp³-hybridized carbons (Fsp3) is 0.400. The third-order valence-electron chi connectivity index (χ3n) is 2.01. The van der Waals surface area contributed by atoms with Gasteiger partial charge in [0.1, 0.15) is 0 Å². The van der Waals surface area contributed by atoms with E-state index in [2.05, 4.69) is 0 Å². The molecular weight excluding hydrogens is 166 g/mol. The van der Waals surface area contributed by atoms with Crippen LogP contribution in [0, 0.1) is 0 Å². The van der Waals surface area contributed by atoms with E-state index >= 15 is 0 Å². The van der Waals surface area contributed by atoms with Crippen molar-refractivity contribution in [2.75, 3.05) is 12.8 Å².